The average Bonchev–Trinajstić information content (AvgIpc) is 2.76. The Morgan fingerprint density at radius 3 is 2.53 bits per heavy atom. The summed E-state index contributed by atoms with van der Waals surface area (Å²) in [5.74, 6) is -0.147. The Kier molecular flexibility index (Phi) is 4.05. The van der Waals surface area contributed by atoms with Crippen LogP contribution in [0.25, 0.3) is 0 Å². The first-order chi connectivity index (χ1) is 8.96. The van der Waals surface area contributed by atoms with E-state index in [9.17, 15) is 4.39 Å². The highest BCUT2D eigenvalue weighted by atomic mass is 19.1. The molecule has 0 unspecified atom stereocenters. The fraction of sp³-hybridized carbons (Fsp3) is 0.375. The normalized spacial score (nSPS) is 11.8. The smallest absolute Gasteiger partial charge is 0.128 e. The number of halogens is 1. The van der Waals surface area contributed by atoms with Crippen molar-refractivity contribution in [3.8, 4) is 0 Å². The summed E-state index contributed by atoms with van der Waals surface area (Å²) in [4.78, 5) is 0. The predicted octanol–water partition coefficient (Wildman–Crippen LogP) is 3.56. The van der Waals surface area contributed by atoms with Gasteiger partial charge in [-0.05, 0) is 39.0 Å². The standard InChI is InChI=1S/C16H21FN2/c1-16(2,3)18-11-14-8-6-10-19(14)12-13-7-4-5-9-15(13)17/h4-10,18H,11-12H2,1-3H3. The molecule has 2 aromatic rings. The van der Waals surface area contributed by atoms with Gasteiger partial charge in [0, 0.05) is 29.5 Å². The number of benzene rings is 1. The molecule has 3 heteroatoms. The molecule has 1 heterocycles. The van der Waals surface area contributed by atoms with Gasteiger partial charge in [-0.15, -0.1) is 0 Å². The van der Waals surface area contributed by atoms with E-state index in [1.54, 1.807) is 6.07 Å². The van der Waals surface area contributed by atoms with Crippen LogP contribution in [0.15, 0.2) is 42.6 Å². The zero-order valence-corrected chi connectivity index (χ0v) is 11.8. The lowest BCUT2D eigenvalue weighted by molar-refractivity contribution is 0.416. The van der Waals surface area contributed by atoms with E-state index in [2.05, 4.69) is 36.7 Å². The Morgan fingerprint density at radius 2 is 1.84 bits per heavy atom. The van der Waals surface area contributed by atoms with E-state index in [-0.39, 0.29) is 11.4 Å². The van der Waals surface area contributed by atoms with Crippen LogP contribution in [0.2, 0.25) is 0 Å². The fourth-order valence-electron chi connectivity index (χ4n) is 1.93. The van der Waals surface area contributed by atoms with Crippen LogP contribution in [0.3, 0.4) is 0 Å². The number of nitrogens with zero attached hydrogens (tertiary/aromatic N) is 1. The van der Waals surface area contributed by atoms with Crippen molar-refractivity contribution in [2.24, 2.45) is 0 Å². The van der Waals surface area contributed by atoms with Crippen LogP contribution in [0.5, 0.6) is 0 Å². The molecular weight excluding hydrogens is 239 g/mol. The molecule has 102 valence electrons. The van der Waals surface area contributed by atoms with E-state index in [4.69, 9.17) is 0 Å². The lowest BCUT2D eigenvalue weighted by Crippen LogP contribution is -2.35. The Labute approximate surface area is 114 Å². The molecule has 0 aliphatic rings. The second-order valence-electron chi connectivity index (χ2n) is 5.82. The number of nitrogens with one attached hydrogen (secondary N) is 1. The first-order valence-electron chi connectivity index (χ1n) is 6.58. The molecule has 1 aromatic heterocycles. The summed E-state index contributed by atoms with van der Waals surface area (Å²) in [7, 11) is 0. The van der Waals surface area contributed by atoms with E-state index < -0.39 is 0 Å². The molecular formula is C16H21FN2. The van der Waals surface area contributed by atoms with Crippen LogP contribution in [0.4, 0.5) is 4.39 Å². The number of aromatic nitrogens is 1. The van der Waals surface area contributed by atoms with Crippen LogP contribution in [0.1, 0.15) is 32.0 Å². The quantitative estimate of drug-likeness (QED) is 0.889. The summed E-state index contributed by atoms with van der Waals surface area (Å²) in [5.41, 5.74) is 1.96. The van der Waals surface area contributed by atoms with Gasteiger partial charge in [-0.2, -0.15) is 0 Å². The lowest BCUT2D eigenvalue weighted by Gasteiger charge is -2.21. The molecule has 0 bridgehead atoms. The van der Waals surface area contributed by atoms with Gasteiger partial charge in [0.15, 0.2) is 0 Å². The highest BCUT2D eigenvalue weighted by Crippen LogP contribution is 2.12. The van der Waals surface area contributed by atoms with E-state index in [0.717, 1.165) is 17.8 Å². The Balaban J connectivity index is 2.10. The third-order valence-electron chi connectivity index (χ3n) is 3.02. The number of hydrogen-bond acceptors (Lipinski definition) is 1. The largest absolute Gasteiger partial charge is 0.346 e. The summed E-state index contributed by atoms with van der Waals surface area (Å²) in [6.45, 7) is 7.76. The van der Waals surface area contributed by atoms with Gasteiger partial charge >= 0.3 is 0 Å². The van der Waals surface area contributed by atoms with E-state index in [1.807, 2.05) is 24.4 Å². The van der Waals surface area contributed by atoms with Crippen LogP contribution in [0, 0.1) is 5.82 Å². The molecule has 2 rings (SSSR count). The number of hydrogen-bond donors (Lipinski definition) is 1. The molecule has 0 radical (unpaired) electrons. The molecule has 0 spiro atoms. The summed E-state index contributed by atoms with van der Waals surface area (Å²) in [6, 6.07) is 11.0. The van der Waals surface area contributed by atoms with Gasteiger partial charge in [-0.1, -0.05) is 18.2 Å². The second-order valence-corrected chi connectivity index (χ2v) is 5.82. The third kappa shape index (κ3) is 3.93. The van der Waals surface area contributed by atoms with Crippen molar-refractivity contribution in [3.63, 3.8) is 0 Å². The van der Waals surface area contributed by atoms with Crippen molar-refractivity contribution in [3.05, 3.63) is 59.7 Å². The van der Waals surface area contributed by atoms with Crippen molar-refractivity contribution in [2.75, 3.05) is 0 Å². The summed E-state index contributed by atoms with van der Waals surface area (Å²) < 4.78 is 15.7. The van der Waals surface area contributed by atoms with Crippen molar-refractivity contribution < 1.29 is 4.39 Å². The topological polar surface area (TPSA) is 17.0 Å². The van der Waals surface area contributed by atoms with Gasteiger partial charge in [0.1, 0.15) is 5.82 Å². The van der Waals surface area contributed by atoms with Gasteiger partial charge in [0.2, 0.25) is 0 Å². The second kappa shape index (κ2) is 5.57. The molecule has 0 saturated heterocycles. The van der Waals surface area contributed by atoms with Gasteiger partial charge in [0.05, 0.1) is 6.54 Å². The summed E-state index contributed by atoms with van der Waals surface area (Å²) in [6.07, 6.45) is 1.99. The molecule has 0 aliphatic carbocycles. The van der Waals surface area contributed by atoms with Crippen LogP contribution < -0.4 is 5.32 Å². The van der Waals surface area contributed by atoms with E-state index >= 15 is 0 Å². The minimum atomic E-state index is -0.147. The Bertz CT molecular complexity index is 538. The van der Waals surface area contributed by atoms with Crippen LogP contribution >= 0.6 is 0 Å². The van der Waals surface area contributed by atoms with Crippen LogP contribution in [-0.4, -0.2) is 10.1 Å². The minimum absolute atomic E-state index is 0.0765. The highest BCUT2D eigenvalue weighted by molar-refractivity contribution is 5.19. The zero-order valence-electron chi connectivity index (χ0n) is 11.8. The van der Waals surface area contributed by atoms with Gasteiger partial charge in [0.25, 0.3) is 0 Å². The molecule has 1 N–H and O–H groups in total. The predicted molar refractivity (Wildman–Crippen MR) is 76.5 cm³/mol. The Morgan fingerprint density at radius 1 is 1.11 bits per heavy atom. The zero-order chi connectivity index (χ0) is 13.9. The first kappa shape index (κ1) is 13.8. The monoisotopic (exact) mass is 260 g/mol. The van der Waals surface area contributed by atoms with Crippen molar-refractivity contribution in [1.29, 1.82) is 0 Å². The number of rotatable bonds is 4. The molecule has 0 fully saturated rings. The first-order valence-corrected chi connectivity index (χ1v) is 6.58. The molecule has 0 saturated carbocycles. The van der Waals surface area contributed by atoms with Gasteiger partial charge in [-0.25, -0.2) is 4.39 Å². The maximum Gasteiger partial charge on any atom is 0.128 e. The summed E-state index contributed by atoms with van der Waals surface area (Å²) in [5, 5.41) is 3.45. The SMILES string of the molecule is CC(C)(C)NCc1cccn1Cc1ccccc1F. The maximum absolute atomic E-state index is 13.7. The highest BCUT2D eigenvalue weighted by Gasteiger charge is 2.10. The lowest BCUT2D eigenvalue weighted by atomic mass is 10.1. The molecule has 0 atom stereocenters. The minimum Gasteiger partial charge on any atom is -0.346 e. The van der Waals surface area contributed by atoms with Gasteiger partial charge < -0.3 is 9.88 Å². The molecule has 0 aliphatic heterocycles. The van der Waals surface area contributed by atoms with Crippen molar-refractivity contribution in [1.82, 2.24) is 9.88 Å². The van der Waals surface area contributed by atoms with Crippen LogP contribution in [-0.2, 0) is 13.1 Å². The van der Waals surface area contributed by atoms with E-state index in [1.165, 1.54) is 6.07 Å². The molecule has 1 aromatic carbocycles. The summed E-state index contributed by atoms with van der Waals surface area (Å²) >= 11 is 0. The molecule has 19 heavy (non-hydrogen) atoms. The van der Waals surface area contributed by atoms with Crippen molar-refractivity contribution >= 4 is 0 Å². The molecule has 0 amide bonds. The maximum atomic E-state index is 13.7. The Hall–Kier alpha value is -1.61. The van der Waals surface area contributed by atoms with Gasteiger partial charge in [-0.3, -0.25) is 0 Å². The average molecular weight is 260 g/mol. The third-order valence-corrected chi connectivity index (χ3v) is 3.02. The van der Waals surface area contributed by atoms with E-state index in [0.29, 0.717) is 6.54 Å². The van der Waals surface area contributed by atoms with Crippen molar-refractivity contribution in [2.45, 2.75) is 39.4 Å². The molecule has 2 nitrogen and oxygen atoms in total. The fourth-order valence-corrected chi connectivity index (χ4v) is 1.93.